The molecule has 0 aliphatic heterocycles. The van der Waals surface area contributed by atoms with Gasteiger partial charge in [-0.2, -0.15) is 0 Å². The third-order valence-electron chi connectivity index (χ3n) is 3.63. The Kier molecular flexibility index (Phi) is 6.31. The first kappa shape index (κ1) is 17.6. The van der Waals surface area contributed by atoms with Crippen LogP contribution in [0.4, 0.5) is 5.69 Å². The fourth-order valence-electron chi connectivity index (χ4n) is 2.06. The predicted octanol–water partition coefficient (Wildman–Crippen LogP) is 5.52. The number of anilines is 1. The lowest BCUT2D eigenvalue weighted by Crippen LogP contribution is -2.20. The molecule has 5 heteroatoms. The van der Waals surface area contributed by atoms with Crippen molar-refractivity contribution >= 4 is 34.8 Å². The first-order valence-electron chi connectivity index (χ1n) is 7.47. The molecule has 0 spiro atoms. The number of rotatable bonds is 6. The molecular formula is C18H19Cl2NO2. The molecule has 0 heterocycles. The van der Waals surface area contributed by atoms with E-state index in [1.54, 1.807) is 18.2 Å². The number of ether oxygens (including phenoxy) is 1. The summed E-state index contributed by atoms with van der Waals surface area (Å²) in [6, 6.07) is 12.7. The molecule has 0 saturated heterocycles. The lowest BCUT2D eigenvalue weighted by atomic mass is 9.99. The van der Waals surface area contributed by atoms with Crippen LogP contribution in [-0.2, 0) is 4.79 Å². The number of hydrogen-bond acceptors (Lipinski definition) is 2. The first-order chi connectivity index (χ1) is 11.0. The van der Waals surface area contributed by atoms with Gasteiger partial charge in [-0.25, -0.2) is 0 Å². The normalized spacial score (nSPS) is 11.8. The minimum atomic E-state index is -0.252. The Morgan fingerprint density at radius 2 is 1.87 bits per heavy atom. The standard InChI is InChI=1S/C18H19Cl2NO2/c1-3-12(2)13-4-7-15(8-5-13)21-18(22)11-23-17-10-14(19)6-9-16(17)20/h4-10,12H,3,11H2,1-2H3,(H,21,22)/t12-/m1/s1. The van der Waals surface area contributed by atoms with E-state index in [4.69, 9.17) is 27.9 Å². The summed E-state index contributed by atoms with van der Waals surface area (Å²) >= 11 is 11.9. The SMILES string of the molecule is CC[C@@H](C)c1ccc(NC(=O)COc2cc(Cl)ccc2Cl)cc1. The molecule has 1 amide bonds. The van der Waals surface area contributed by atoms with Crippen molar-refractivity contribution in [1.82, 2.24) is 0 Å². The lowest BCUT2D eigenvalue weighted by Gasteiger charge is -2.11. The molecule has 0 radical (unpaired) electrons. The molecule has 0 aliphatic rings. The van der Waals surface area contributed by atoms with E-state index < -0.39 is 0 Å². The number of carbonyl (C=O) groups is 1. The number of carbonyl (C=O) groups excluding carboxylic acids is 1. The number of benzene rings is 2. The van der Waals surface area contributed by atoms with Crippen LogP contribution >= 0.6 is 23.2 Å². The molecule has 0 saturated carbocycles. The van der Waals surface area contributed by atoms with Crippen LogP contribution in [0.2, 0.25) is 10.0 Å². The number of amides is 1. The molecular weight excluding hydrogens is 333 g/mol. The van der Waals surface area contributed by atoms with E-state index in [-0.39, 0.29) is 12.5 Å². The van der Waals surface area contributed by atoms with Crippen molar-refractivity contribution < 1.29 is 9.53 Å². The van der Waals surface area contributed by atoms with Crippen molar-refractivity contribution in [2.45, 2.75) is 26.2 Å². The second-order valence-electron chi connectivity index (χ2n) is 5.34. The van der Waals surface area contributed by atoms with E-state index in [0.29, 0.717) is 21.7 Å². The summed E-state index contributed by atoms with van der Waals surface area (Å²) in [5, 5.41) is 3.71. The Bertz CT molecular complexity index is 671. The lowest BCUT2D eigenvalue weighted by molar-refractivity contribution is -0.118. The van der Waals surface area contributed by atoms with E-state index in [1.807, 2.05) is 24.3 Å². The molecule has 0 fully saturated rings. The van der Waals surface area contributed by atoms with Crippen molar-refractivity contribution in [2.75, 3.05) is 11.9 Å². The van der Waals surface area contributed by atoms with E-state index in [0.717, 1.165) is 12.1 Å². The maximum atomic E-state index is 11.9. The van der Waals surface area contributed by atoms with Crippen molar-refractivity contribution in [3.05, 3.63) is 58.1 Å². The molecule has 2 aromatic carbocycles. The molecule has 2 aromatic rings. The van der Waals surface area contributed by atoms with Crippen molar-refractivity contribution in [1.29, 1.82) is 0 Å². The van der Waals surface area contributed by atoms with Gasteiger partial charge in [-0.05, 0) is 42.2 Å². The Labute approximate surface area is 146 Å². The Morgan fingerprint density at radius 3 is 2.52 bits per heavy atom. The van der Waals surface area contributed by atoms with Crippen LogP contribution in [0.15, 0.2) is 42.5 Å². The zero-order valence-electron chi connectivity index (χ0n) is 13.1. The van der Waals surface area contributed by atoms with Crippen molar-refractivity contribution in [3.8, 4) is 5.75 Å². The van der Waals surface area contributed by atoms with Gasteiger partial charge in [0.15, 0.2) is 6.61 Å². The molecule has 0 unspecified atom stereocenters. The van der Waals surface area contributed by atoms with Crippen LogP contribution in [0.1, 0.15) is 31.7 Å². The number of hydrogen-bond donors (Lipinski definition) is 1. The van der Waals surface area contributed by atoms with E-state index in [9.17, 15) is 4.79 Å². The highest BCUT2D eigenvalue weighted by Crippen LogP contribution is 2.27. The van der Waals surface area contributed by atoms with Crippen LogP contribution in [-0.4, -0.2) is 12.5 Å². The molecule has 122 valence electrons. The van der Waals surface area contributed by atoms with Crippen LogP contribution in [0, 0.1) is 0 Å². The highest BCUT2D eigenvalue weighted by molar-refractivity contribution is 6.34. The minimum absolute atomic E-state index is 0.132. The van der Waals surface area contributed by atoms with E-state index in [2.05, 4.69) is 19.2 Å². The first-order valence-corrected chi connectivity index (χ1v) is 8.23. The highest BCUT2D eigenvalue weighted by atomic mass is 35.5. The smallest absolute Gasteiger partial charge is 0.262 e. The van der Waals surface area contributed by atoms with Crippen LogP contribution in [0.25, 0.3) is 0 Å². The fourth-order valence-corrected chi connectivity index (χ4v) is 2.39. The predicted molar refractivity (Wildman–Crippen MR) is 95.7 cm³/mol. The monoisotopic (exact) mass is 351 g/mol. The van der Waals surface area contributed by atoms with Gasteiger partial charge in [-0.15, -0.1) is 0 Å². The van der Waals surface area contributed by atoms with Gasteiger partial charge in [-0.3, -0.25) is 4.79 Å². The molecule has 3 nitrogen and oxygen atoms in total. The average molecular weight is 352 g/mol. The van der Waals surface area contributed by atoms with Gasteiger partial charge >= 0.3 is 0 Å². The van der Waals surface area contributed by atoms with Gasteiger partial charge in [0.2, 0.25) is 0 Å². The quantitative estimate of drug-likeness (QED) is 0.743. The fraction of sp³-hybridized carbons (Fsp3) is 0.278. The zero-order valence-corrected chi connectivity index (χ0v) is 14.6. The van der Waals surface area contributed by atoms with Crippen molar-refractivity contribution in [2.24, 2.45) is 0 Å². The summed E-state index contributed by atoms with van der Waals surface area (Å²) in [4.78, 5) is 11.9. The second-order valence-corrected chi connectivity index (χ2v) is 6.19. The van der Waals surface area contributed by atoms with E-state index >= 15 is 0 Å². The van der Waals surface area contributed by atoms with Gasteiger partial charge in [-0.1, -0.05) is 49.2 Å². The number of halogens is 2. The van der Waals surface area contributed by atoms with Crippen LogP contribution in [0.5, 0.6) is 5.75 Å². The number of nitrogens with one attached hydrogen (secondary N) is 1. The van der Waals surface area contributed by atoms with Crippen LogP contribution in [0.3, 0.4) is 0 Å². The Morgan fingerprint density at radius 1 is 1.17 bits per heavy atom. The topological polar surface area (TPSA) is 38.3 Å². The van der Waals surface area contributed by atoms with Crippen LogP contribution < -0.4 is 10.1 Å². The third kappa shape index (κ3) is 5.15. The Hall–Kier alpha value is -1.71. The zero-order chi connectivity index (χ0) is 16.8. The van der Waals surface area contributed by atoms with Crippen molar-refractivity contribution in [3.63, 3.8) is 0 Å². The van der Waals surface area contributed by atoms with Gasteiger partial charge < -0.3 is 10.1 Å². The maximum absolute atomic E-state index is 11.9. The Balaban J connectivity index is 1.90. The average Bonchev–Trinajstić information content (AvgIpc) is 2.55. The summed E-state index contributed by atoms with van der Waals surface area (Å²) < 4.78 is 5.40. The molecule has 1 N–H and O–H groups in total. The molecule has 23 heavy (non-hydrogen) atoms. The molecule has 0 bridgehead atoms. The summed E-state index contributed by atoms with van der Waals surface area (Å²) in [6.45, 7) is 4.20. The summed E-state index contributed by atoms with van der Waals surface area (Å²) in [7, 11) is 0. The second kappa shape index (κ2) is 8.23. The van der Waals surface area contributed by atoms with E-state index in [1.165, 1.54) is 5.56 Å². The van der Waals surface area contributed by atoms with Gasteiger partial charge in [0, 0.05) is 16.8 Å². The molecule has 0 aliphatic carbocycles. The third-order valence-corrected chi connectivity index (χ3v) is 4.18. The van der Waals surface area contributed by atoms with Gasteiger partial charge in [0.05, 0.1) is 5.02 Å². The largest absolute Gasteiger partial charge is 0.482 e. The van der Waals surface area contributed by atoms with Gasteiger partial charge in [0.25, 0.3) is 5.91 Å². The highest BCUT2D eigenvalue weighted by Gasteiger charge is 2.08. The maximum Gasteiger partial charge on any atom is 0.262 e. The molecule has 0 aromatic heterocycles. The molecule has 1 atom stereocenters. The minimum Gasteiger partial charge on any atom is -0.482 e. The summed E-state index contributed by atoms with van der Waals surface area (Å²) in [5.74, 6) is 0.645. The summed E-state index contributed by atoms with van der Waals surface area (Å²) in [6.07, 6.45) is 1.08. The molecule has 2 rings (SSSR count). The van der Waals surface area contributed by atoms with Gasteiger partial charge in [0.1, 0.15) is 5.75 Å². The summed E-state index contributed by atoms with van der Waals surface area (Å²) in [5.41, 5.74) is 2.00.